The summed E-state index contributed by atoms with van der Waals surface area (Å²) in [5, 5.41) is 0. The van der Waals surface area contributed by atoms with Crippen LogP contribution in [0.4, 0.5) is 5.69 Å². The van der Waals surface area contributed by atoms with E-state index in [9.17, 15) is 4.79 Å². The van der Waals surface area contributed by atoms with Gasteiger partial charge in [0.1, 0.15) is 11.6 Å². The smallest absolute Gasteiger partial charge is 0.236 e. The molecule has 33 heavy (non-hydrogen) atoms. The summed E-state index contributed by atoms with van der Waals surface area (Å²) < 4.78 is 7.57. The maximum atomic E-state index is 13.2. The third-order valence-corrected chi connectivity index (χ3v) is 7.07. The van der Waals surface area contributed by atoms with E-state index >= 15 is 0 Å². The van der Waals surface area contributed by atoms with Crippen LogP contribution >= 0.6 is 0 Å². The molecule has 0 saturated carbocycles. The van der Waals surface area contributed by atoms with Gasteiger partial charge in [-0.25, -0.2) is 4.98 Å². The molecular formula is C26H33N5O2. The highest BCUT2D eigenvalue weighted by Crippen LogP contribution is 2.33. The Morgan fingerprint density at radius 3 is 2.52 bits per heavy atom. The van der Waals surface area contributed by atoms with Crippen LogP contribution in [0.3, 0.4) is 0 Å². The first kappa shape index (κ1) is 21.8. The van der Waals surface area contributed by atoms with Crippen LogP contribution in [0, 0.1) is 0 Å². The number of piperazine rings is 1. The number of anilines is 1. The third kappa shape index (κ3) is 4.29. The van der Waals surface area contributed by atoms with Gasteiger partial charge in [0.2, 0.25) is 5.91 Å². The van der Waals surface area contributed by atoms with Gasteiger partial charge in [-0.05, 0) is 62.7 Å². The number of likely N-dealkylation sites (tertiary alicyclic amines) is 1. The predicted molar refractivity (Wildman–Crippen MR) is 131 cm³/mol. The number of fused-ring (bicyclic) bond motifs is 1. The summed E-state index contributed by atoms with van der Waals surface area (Å²) in [7, 11) is 1.68. The lowest BCUT2D eigenvalue weighted by molar-refractivity contribution is -0.133. The Morgan fingerprint density at radius 1 is 1.03 bits per heavy atom. The average molecular weight is 448 g/mol. The summed E-state index contributed by atoms with van der Waals surface area (Å²) in [5.41, 5.74) is 3.41. The van der Waals surface area contributed by atoms with E-state index in [-0.39, 0.29) is 11.9 Å². The lowest BCUT2D eigenvalue weighted by atomic mass is 10.2. The highest BCUT2D eigenvalue weighted by molar-refractivity contribution is 5.79. The van der Waals surface area contributed by atoms with Crippen molar-refractivity contribution in [2.45, 2.75) is 32.4 Å². The Balaban J connectivity index is 1.23. The minimum absolute atomic E-state index is 0.210. The zero-order valence-electron chi connectivity index (χ0n) is 19.6. The summed E-state index contributed by atoms with van der Waals surface area (Å²) in [6, 6.07) is 16.7. The Kier molecular flexibility index (Phi) is 6.22. The molecule has 2 aliphatic rings. The molecule has 7 heteroatoms. The molecule has 1 atom stereocenters. The molecule has 0 N–H and O–H groups in total. The standard InChI is InChI=1S/C26H33N5O2/c1-3-31-23-8-5-4-7-22(23)27-26(31)24-9-6-14-30(24)19-25(32)29-17-15-28(16-18-29)20-10-12-21(33-2)13-11-20/h4-5,7-8,10-13,24H,3,6,9,14-19H2,1-2H3/t24-/m1/s1. The van der Waals surface area contributed by atoms with Gasteiger partial charge in [0, 0.05) is 38.4 Å². The Labute approximate surface area is 195 Å². The molecule has 2 fully saturated rings. The third-order valence-electron chi connectivity index (χ3n) is 7.07. The number of hydrogen-bond donors (Lipinski definition) is 0. The number of hydrogen-bond acceptors (Lipinski definition) is 5. The maximum absolute atomic E-state index is 13.2. The van der Waals surface area contributed by atoms with Crippen LogP contribution in [0.15, 0.2) is 48.5 Å². The van der Waals surface area contributed by atoms with E-state index in [1.807, 2.05) is 23.1 Å². The summed E-state index contributed by atoms with van der Waals surface area (Å²) in [6.07, 6.45) is 2.16. The van der Waals surface area contributed by atoms with Crippen molar-refractivity contribution in [3.05, 3.63) is 54.4 Å². The van der Waals surface area contributed by atoms with Gasteiger partial charge < -0.3 is 19.1 Å². The molecular weight excluding hydrogens is 414 g/mol. The van der Waals surface area contributed by atoms with E-state index in [1.165, 1.54) is 11.2 Å². The molecule has 3 aromatic rings. The number of amides is 1. The Hall–Kier alpha value is -3.06. The maximum Gasteiger partial charge on any atom is 0.236 e. The number of carbonyl (C=O) groups excluding carboxylic acids is 1. The van der Waals surface area contributed by atoms with E-state index in [0.717, 1.165) is 69.2 Å². The van der Waals surface area contributed by atoms with Gasteiger partial charge in [0.25, 0.3) is 0 Å². The molecule has 1 aromatic heterocycles. The molecule has 0 aliphatic carbocycles. The summed E-state index contributed by atoms with van der Waals surface area (Å²) in [6.45, 7) is 7.72. The Morgan fingerprint density at radius 2 is 1.79 bits per heavy atom. The number of methoxy groups -OCH3 is 1. The zero-order chi connectivity index (χ0) is 22.8. The lowest BCUT2D eigenvalue weighted by Gasteiger charge is -2.37. The largest absolute Gasteiger partial charge is 0.497 e. The fourth-order valence-electron chi connectivity index (χ4n) is 5.27. The normalized spacial score (nSPS) is 19.4. The molecule has 0 unspecified atom stereocenters. The molecule has 7 nitrogen and oxygen atoms in total. The van der Waals surface area contributed by atoms with Gasteiger partial charge in [-0.2, -0.15) is 0 Å². The molecule has 2 saturated heterocycles. The van der Waals surface area contributed by atoms with E-state index in [1.54, 1.807) is 7.11 Å². The number of nitrogens with zero attached hydrogens (tertiary/aromatic N) is 5. The highest BCUT2D eigenvalue weighted by atomic mass is 16.5. The fourth-order valence-corrected chi connectivity index (χ4v) is 5.27. The molecule has 0 bridgehead atoms. The zero-order valence-corrected chi connectivity index (χ0v) is 19.6. The van der Waals surface area contributed by atoms with Crippen LogP contribution in [0.5, 0.6) is 5.75 Å². The van der Waals surface area contributed by atoms with Crippen molar-refractivity contribution < 1.29 is 9.53 Å². The van der Waals surface area contributed by atoms with Gasteiger partial charge in [0.15, 0.2) is 0 Å². The fraction of sp³-hybridized carbons (Fsp3) is 0.462. The second-order valence-electron chi connectivity index (χ2n) is 8.90. The van der Waals surface area contributed by atoms with E-state index in [2.05, 4.69) is 51.6 Å². The second kappa shape index (κ2) is 9.43. The van der Waals surface area contributed by atoms with E-state index in [0.29, 0.717) is 6.54 Å². The topological polar surface area (TPSA) is 53.8 Å². The molecule has 1 amide bonds. The SMILES string of the molecule is CCn1c([C@H]2CCCN2CC(=O)N2CCN(c3ccc(OC)cc3)CC2)nc2ccccc21. The number of imidazole rings is 1. The molecule has 5 rings (SSSR count). The monoisotopic (exact) mass is 447 g/mol. The Bertz CT molecular complexity index is 1100. The first-order valence-electron chi connectivity index (χ1n) is 12.0. The number of rotatable bonds is 6. The number of aryl methyl sites for hydroxylation is 1. The van der Waals surface area contributed by atoms with Crippen molar-refractivity contribution in [1.82, 2.24) is 19.4 Å². The quantitative estimate of drug-likeness (QED) is 0.579. The minimum atomic E-state index is 0.210. The second-order valence-corrected chi connectivity index (χ2v) is 8.90. The van der Waals surface area contributed by atoms with E-state index < -0.39 is 0 Å². The molecule has 0 radical (unpaired) electrons. The van der Waals surface area contributed by atoms with Crippen LogP contribution in [-0.2, 0) is 11.3 Å². The number of carbonyl (C=O) groups is 1. The van der Waals surface area contributed by atoms with Crippen LogP contribution < -0.4 is 9.64 Å². The summed E-state index contributed by atoms with van der Waals surface area (Å²) in [4.78, 5) is 24.9. The van der Waals surface area contributed by atoms with Gasteiger partial charge in [-0.3, -0.25) is 9.69 Å². The number of aromatic nitrogens is 2. The average Bonchev–Trinajstić information content (AvgIpc) is 3.47. The number of ether oxygens (including phenoxy) is 1. The highest BCUT2D eigenvalue weighted by Gasteiger charge is 2.33. The van der Waals surface area contributed by atoms with Gasteiger partial charge in [-0.15, -0.1) is 0 Å². The molecule has 2 aromatic carbocycles. The van der Waals surface area contributed by atoms with Gasteiger partial charge in [0.05, 0.1) is 30.7 Å². The minimum Gasteiger partial charge on any atom is -0.497 e. The van der Waals surface area contributed by atoms with E-state index in [4.69, 9.17) is 9.72 Å². The van der Waals surface area contributed by atoms with Crippen molar-refractivity contribution in [3.63, 3.8) is 0 Å². The molecule has 3 heterocycles. The van der Waals surface area contributed by atoms with Crippen LogP contribution in [0.2, 0.25) is 0 Å². The van der Waals surface area contributed by atoms with Crippen molar-refractivity contribution in [3.8, 4) is 5.75 Å². The summed E-state index contributed by atoms with van der Waals surface area (Å²) >= 11 is 0. The molecule has 174 valence electrons. The lowest BCUT2D eigenvalue weighted by Crippen LogP contribution is -2.51. The van der Waals surface area contributed by atoms with Crippen molar-refractivity contribution in [2.75, 3.05) is 51.3 Å². The summed E-state index contributed by atoms with van der Waals surface area (Å²) in [5.74, 6) is 2.20. The van der Waals surface area contributed by atoms with Crippen molar-refractivity contribution in [2.24, 2.45) is 0 Å². The van der Waals surface area contributed by atoms with Crippen LogP contribution in [0.1, 0.15) is 31.6 Å². The van der Waals surface area contributed by atoms with Gasteiger partial charge >= 0.3 is 0 Å². The van der Waals surface area contributed by atoms with Crippen LogP contribution in [-0.4, -0.2) is 71.6 Å². The van der Waals surface area contributed by atoms with Crippen LogP contribution in [0.25, 0.3) is 11.0 Å². The molecule has 2 aliphatic heterocycles. The first-order valence-corrected chi connectivity index (χ1v) is 12.0. The number of para-hydroxylation sites is 2. The van der Waals surface area contributed by atoms with Gasteiger partial charge in [-0.1, -0.05) is 12.1 Å². The van der Waals surface area contributed by atoms with Crippen molar-refractivity contribution in [1.29, 1.82) is 0 Å². The molecule has 0 spiro atoms. The van der Waals surface area contributed by atoms with Crippen molar-refractivity contribution >= 4 is 22.6 Å². The number of benzene rings is 2. The first-order chi connectivity index (χ1) is 16.2. The predicted octanol–water partition coefficient (Wildman–Crippen LogP) is 3.55.